The van der Waals surface area contributed by atoms with Crippen LogP contribution < -0.4 is 5.32 Å². The van der Waals surface area contributed by atoms with Crippen LogP contribution >= 0.6 is 0 Å². The van der Waals surface area contributed by atoms with Crippen molar-refractivity contribution in [2.24, 2.45) is 5.92 Å². The van der Waals surface area contributed by atoms with E-state index in [-0.39, 0.29) is 11.7 Å². The molecule has 0 radical (unpaired) electrons. The predicted molar refractivity (Wildman–Crippen MR) is 77.0 cm³/mol. The third kappa shape index (κ3) is 2.09. The summed E-state index contributed by atoms with van der Waals surface area (Å²) < 4.78 is 13.2. The largest absolute Gasteiger partial charge is 0.361 e. The average Bonchev–Trinajstić information content (AvgIpc) is 3.11. The Kier molecular flexibility index (Phi) is 3.04. The van der Waals surface area contributed by atoms with E-state index in [0.29, 0.717) is 12.5 Å². The minimum atomic E-state index is -0.412. The summed E-state index contributed by atoms with van der Waals surface area (Å²) >= 11 is 0. The quantitative estimate of drug-likeness (QED) is 0.884. The van der Waals surface area contributed by atoms with Crippen molar-refractivity contribution in [2.45, 2.75) is 32.1 Å². The van der Waals surface area contributed by atoms with Crippen molar-refractivity contribution in [1.82, 2.24) is 10.3 Å². The Labute approximate surface area is 117 Å². The average molecular weight is 274 g/mol. The van der Waals surface area contributed by atoms with Gasteiger partial charge >= 0.3 is 0 Å². The zero-order valence-corrected chi connectivity index (χ0v) is 11.8. The summed E-state index contributed by atoms with van der Waals surface area (Å²) in [6, 6.07) is 4.68. The number of hydrogen-bond acceptors (Lipinski definition) is 1. The fraction of sp³-hybridized carbons (Fsp3) is 0.438. The lowest BCUT2D eigenvalue weighted by Gasteiger charge is -2.16. The summed E-state index contributed by atoms with van der Waals surface area (Å²) in [4.78, 5) is 15.5. The molecule has 0 unspecified atom stereocenters. The topological polar surface area (TPSA) is 44.9 Å². The van der Waals surface area contributed by atoms with Gasteiger partial charge in [0, 0.05) is 23.6 Å². The first-order chi connectivity index (χ1) is 9.53. The number of carbonyl (C=O) groups is 1. The first-order valence-electron chi connectivity index (χ1n) is 7.08. The SMILES string of the molecule is CC(C)CNC(=O)C1(c2c[nH]c3cc(F)ccc23)CC1. The molecule has 0 saturated heterocycles. The number of halogens is 1. The predicted octanol–water partition coefficient (Wildman–Crippen LogP) is 3.11. The number of hydrogen-bond donors (Lipinski definition) is 2. The van der Waals surface area contributed by atoms with Crippen molar-refractivity contribution in [3.63, 3.8) is 0 Å². The summed E-state index contributed by atoms with van der Waals surface area (Å²) in [6.07, 6.45) is 3.58. The smallest absolute Gasteiger partial charge is 0.230 e. The van der Waals surface area contributed by atoms with Crippen LogP contribution in [0.3, 0.4) is 0 Å². The zero-order valence-electron chi connectivity index (χ0n) is 11.8. The lowest BCUT2D eigenvalue weighted by Crippen LogP contribution is -2.36. The van der Waals surface area contributed by atoms with Crippen molar-refractivity contribution in [1.29, 1.82) is 0 Å². The Morgan fingerprint density at radius 3 is 2.85 bits per heavy atom. The molecule has 4 heteroatoms. The van der Waals surface area contributed by atoms with Crippen LogP contribution in [0.5, 0.6) is 0 Å². The van der Waals surface area contributed by atoms with Gasteiger partial charge in [0.25, 0.3) is 0 Å². The highest BCUT2D eigenvalue weighted by Crippen LogP contribution is 2.50. The summed E-state index contributed by atoms with van der Waals surface area (Å²) in [5.74, 6) is 0.267. The Bertz CT molecular complexity index is 656. The van der Waals surface area contributed by atoms with Crippen LogP contribution in [0.1, 0.15) is 32.3 Å². The molecular weight excluding hydrogens is 255 g/mol. The molecule has 3 nitrogen and oxygen atoms in total. The molecule has 2 N–H and O–H groups in total. The number of H-pyrrole nitrogens is 1. The van der Waals surface area contributed by atoms with Gasteiger partial charge < -0.3 is 10.3 Å². The number of carbonyl (C=O) groups excluding carboxylic acids is 1. The van der Waals surface area contributed by atoms with E-state index in [1.807, 2.05) is 6.20 Å². The van der Waals surface area contributed by atoms with Gasteiger partial charge in [0.15, 0.2) is 0 Å². The molecule has 0 atom stereocenters. The number of aromatic amines is 1. The summed E-state index contributed by atoms with van der Waals surface area (Å²) in [7, 11) is 0. The van der Waals surface area contributed by atoms with Gasteiger partial charge in [-0.15, -0.1) is 0 Å². The third-order valence-corrected chi connectivity index (χ3v) is 4.01. The van der Waals surface area contributed by atoms with Crippen LogP contribution in [0.2, 0.25) is 0 Å². The van der Waals surface area contributed by atoms with Gasteiger partial charge in [-0.1, -0.05) is 13.8 Å². The van der Waals surface area contributed by atoms with E-state index in [4.69, 9.17) is 0 Å². The summed E-state index contributed by atoms with van der Waals surface area (Å²) in [5, 5.41) is 3.97. The van der Waals surface area contributed by atoms with Crippen LogP contribution in [0, 0.1) is 11.7 Å². The number of benzene rings is 1. The molecule has 0 aliphatic heterocycles. The Hall–Kier alpha value is -1.84. The molecule has 1 fully saturated rings. The molecule has 1 aliphatic carbocycles. The van der Waals surface area contributed by atoms with Gasteiger partial charge in [0.05, 0.1) is 5.41 Å². The minimum Gasteiger partial charge on any atom is -0.361 e. The second-order valence-corrected chi connectivity index (χ2v) is 6.08. The molecule has 1 saturated carbocycles. The molecule has 1 amide bonds. The summed E-state index contributed by atoms with van der Waals surface area (Å²) in [6.45, 7) is 4.85. The maximum absolute atomic E-state index is 13.2. The number of rotatable bonds is 4. The maximum atomic E-state index is 13.2. The van der Waals surface area contributed by atoms with E-state index in [2.05, 4.69) is 24.1 Å². The molecule has 20 heavy (non-hydrogen) atoms. The highest BCUT2D eigenvalue weighted by molar-refractivity contribution is 5.97. The lowest BCUT2D eigenvalue weighted by molar-refractivity contribution is -0.123. The van der Waals surface area contributed by atoms with Crippen LogP contribution in [0.4, 0.5) is 4.39 Å². The van der Waals surface area contributed by atoms with E-state index in [0.717, 1.165) is 29.3 Å². The van der Waals surface area contributed by atoms with Crippen molar-refractivity contribution in [3.8, 4) is 0 Å². The molecule has 0 bridgehead atoms. The Morgan fingerprint density at radius 2 is 2.20 bits per heavy atom. The monoisotopic (exact) mass is 274 g/mol. The van der Waals surface area contributed by atoms with Gasteiger partial charge in [0.2, 0.25) is 5.91 Å². The van der Waals surface area contributed by atoms with E-state index in [9.17, 15) is 9.18 Å². The highest BCUT2D eigenvalue weighted by Gasteiger charge is 2.52. The fourth-order valence-corrected chi connectivity index (χ4v) is 2.70. The van der Waals surface area contributed by atoms with Gasteiger partial charge in [-0.05, 0) is 42.5 Å². The first-order valence-corrected chi connectivity index (χ1v) is 7.08. The van der Waals surface area contributed by atoms with E-state index >= 15 is 0 Å². The molecule has 1 aromatic carbocycles. The van der Waals surface area contributed by atoms with Crippen molar-refractivity contribution >= 4 is 16.8 Å². The molecule has 3 rings (SSSR count). The number of nitrogens with one attached hydrogen (secondary N) is 2. The summed E-state index contributed by atoms with van der Waals surface area (Å²) in [5.41, 5.74) is 1.34. The van der Waals surface area contributed by atoms with Crippen molar-refractivity contribution in [3.05, 3.63) is 35.8 Å². The molecule has 0 spiro atoms. The second-order valence-electron chi connectivity index (χ2n) is 6.08. The van der Waals surface area contributed by atoms with Crippen molar-refractivity contribution < 1.29 is 9.18 Å². The molecule has 1 aliphatic rings. The maximum Gasteiger partial charge on any atom is 0.230 e. The first kappa shape index (κ1) is 13.2. The van der Waals surface area contributed by atoms with Gasteiger partial charge in [0.1, 0.15) is 5.82 Å². The Balaban J connectivity index is 1.92. The van der Waals surface area contributed by atoms with E-state index in [1.54, 1.807) is 6.07 Å². The van der Waals surface area contributed by atoms with Crippen molar-refractivity contribution in [2.75, 3.05) is 6.54 Å². The van der Waals surface area contributed by atoms with Gasteiger partial charge in [-0.25, -0.2) is 4.39 Å². The van der Waals surface area contributed by atoms with Crippen LogP contribution in [-0.2, 0) is 10.2 Å². The molecule has 1 aromatic heterocycles. The normalized spacial score (nSPS) is 16.6. The van der Waals surface area contributed by atoms with Crippen LogP contribution in [0.25, 0.3) is 10.9 Å². The fourth-order valence-electron chi connectivity index (χ4n) is 2.70. The number of fused-ring (bicyclic) bond motifs is 1. The molecule has 106 valence electrons. The highest BCUT2D eigenvalue weighted by atomic mass is 19.1. The van der Waals surface area contributed by atoms with E-state index < -0.39 is 5.41 Å². The van der Waals surface area contributed by atoms with Crippen LogP contribution in [0.15, 0.2) is 24.4 Å². The third-order valence-electron chi connectivity index (χ3n) is 4.01. The molecule has 1 heterocycles. The van der Waals surface area contributed by atoms with Gasteiger partial charge in [-0.3, -0.25) is 4.79 Å². The van der Waals surface area contributed by atoms with E-state index in [1.165, 1.54) is 12.1 Å². The molecular formula is C16H19FN2O. The van der Waals surface area contributed by atoms with Crippen LogP contribution in [-0.4, -0.2) is 17.4 Å². The second kappa shape index (κ2) is 4.62. The standard InChI is InChI=1S/C16H19FN2O/c1-10(2)8-19-15(20)16(5-6-16)13-9-18-14-7-11(17)3-4-12(13)14/h3-4,7,9-10,18H,5-6,8H2,1-2H3,(H,19,20). The number of aromatic nitrogens is 1. The lowest BCUT2D eigenvalue weighted by atomic mass is 9.94. The number of amides is 1. The minimum absolute atomic E-state index is 0.0939. The molecule has 2 aromatic rings. The van der Waals surface area contributed by atoms with Gasteiger partial charge in [-0.2, -0.15) is 0 Å². The Morgan fingerprint density at radius 1 is 1.45 bits per heavy atom. The zero-order chi connectivity index (χ0) is 14.3.